The fraction of sp³-hybridized carbons (Fsp3) is 0.381. The number of hydrogen-bond donors (Lipinski definition) is 5. The lowest BCUT2D eigenvalue weighted by Gasteiger charge is -2.39. The number of aliphatic hydroxyl groups excluding tert-OH is 4. The highest BCUT2D eigenvalue weighted by atomic mass is 35.5. The van der Waals surface area contributed by atoms with Crippen molar-refractivity contribution in [2.45, 2.75) is 43.7 Å². The van der Waals surface area contributed by atoms with E-state index < -0.39 is 43.2 Å². The van der Waals surface area contributed by atoms with E-state index in [-0.39, 0.29) is 17.4 Å². The van der Waals surface area contributed by atoms with Gasteiger partial charge in [-0.3, -0.25) is 4.79 Å². The van der Waals surface area contributed by atoms with Gasteiger partial charge in [-0.1, -0.05) is 41.9 Å². The van der Waals surface area contributed by atoms with Gasteiger partial charge < -0.3 is 35.2 Å². The fourth-order valence-electron chi connectivity index (χ4n) is 3.17. The summed E-state index contributed by atoms with van der Waals surface area (Å²) < 4.78 is 11.0. The maximum Gasteiger partial charge on any atom is 0.255 e. The number of rotatable bonds is 6. The maximum atomic E-state index is 12.9. The third kappa shape index (κ3) is 4.92. The van der Waals surface area contributed by atoms with Crippen LogP contribution in [0.3, 0.4) is 0 Å². The van der Waals surface area contributed by atoms with Crippen molar-refractivity contribution in [3.8, 4) is 5.75 Å². The van der Waals surface area contributed by atoms with Crippen molar-refractivity contribution in [2.75, 3.05) is 6.61 Å². The van der Waals surface area contributed by atoms with E-state index in [9.17, 15) is 25.2 Å². The van der Waals surface area contributed by atoms with Crippen LogP contribution in [-0.4, -0.2) is 63.6 Å². The summed E-state index contributed by atoms with van der Waals surface area (Å²) in [4.78, 5) is 12.9. The van der Waals surface area contributed by atoms with Crippen molar-refractivity contribution in [1.29, 1.82) is 0 Å². The van der Waals surface area contributed by atoms with Gasteiger partial charge in [0, 0.05) is 5.02 Å². The topological polar surface area (TPSA) is 128 Å². The third-order valence-electron chi connectivity index (χ3n) is 4.92. The number of hydrogen-bond acceptors (Lipinski definition) is 7. The van der Waals surface area contributed by atoms with Crippen molar-refractivity contribution < 1.29 is 34.7 Å². The molecular weight excluding hydrogens is 414 g/mol. The van der Waals surface area contributed by atoms with Gasteiger partial charge in [0.1, 0.15) is 30.2 Å². The fourth-order valence-corrected chi connectivity index (χ4v) is 3.34. The van der Waals surface area contributed by atoms with Gasteiger partial charge in [-0.15, -0.1) is 0 Å². The lowest BCUT2D eigenvalue weighted by atomic mass is 9.99. The smallest absolute Gasteiger partial charge is 0.255 e. The van der Waals surface area contributed by atoms with Crippen LogP contribution in [0.1, 0.15) is 28.9 Å². The molecule has 2 aromatic rings. The molecule has 0 aromatic heterocycles. The van der Waals surface area contributed by atoms with Gasteiger partial charge in [0.2, 0.25) is 6.29 Å². The predicted octanol–water partition coefficient (Wildman–Crippen LogP) is 1.01. The number of amides is 1. The van der Waals surface area contributed by atoms with Crippen molar-refractivity contribution in [2.24, 2.45) is 0 Å². The van der Waals surface area contributed by atoms with Crippen molar-refractivity contribution in [3.63, 3.8) is 0 Å². The van der Waals surface area contributed by atoms with Crippen LogP contribution >= 0.6 is 11.6 Å². The van der Waals surface area contributed by atoms with Crippen LogP contribution in [-0.2, 0) is 4.74 Å². The minimum absolute atomic E-state index is 0.0569. The average molecular weight is 438 g/mol. The second-order valence-corrected chi connectivity index (χ2v) is 7.50. The average Bonchev–Trinajstić information content (AvgIpc) is 2.75. The SMILES string of the molecule is C[C@H](NC(=O)c1cc(Cl)ccc1OC1OC(CO)C(O)C(O)C1O)c1ccccc1. The van der Waals surface area contributed by atoms with Crippen LogP contribution in [0.2, 0.25) is 5.02 Å². The van der Waals surface area contributed by atoms with Gasteiger partial charge >= 0.3 is 0 Å². The zero-order valence-electron chi connectivity index (χ0n) is 16.2. The van der Waals surface area contributed by atoms with E-state index in [0.717, 1.165) is 5.56 Å². The Balaban J connectivity index is 1.80. The molecule has 1 aliphatic heterocycles. The molecule has 0 aliphatic carbocycles. The number of carbonyl (C=O) groups excluding carboxylic acids is 1. The molecule has 1 aliphatic rings. The van der Waals surface area contributed by atoms with Gasteiger partial charge in [0.25, 0.3) is 5.91 Å². The van der Waals surface area contributed by atoms with Crippen LogP contribution in [0, 0.1) is 0 Å². The van der Waals surface area contributed by atoms with Crippen molar-refractivity contribution in [1.82, 2.24) is 5.32 Å². The summed E-state index contributed by atoms with van der Waals surface area (Å²) in [5, 5.41) is 42.5. The Morgan fingerprint density at radius 2 is 1.83 bits per heavy atom. The van der Waals surface area contributed by atoms with Crippen LogP contribution in [0.4, 0.5) is 0 Å². The Morgan fingerprint density at radius 3 is 2.50 bits per heavy atom. The molecule has 3 rings (SSSR count). The van der Waals surface area contributed by atoms with Gasteiger partial charge in [0.05, 0.1) is 18.2 Å². The van der Waals surface area contributed by atoms with Gasteiger partial charge in [-0.05, 0) is 30.7 Å². The number of benzene rings is 2. The van der Waals surface area contributed by atoms with Gasteiger partial charge in [-0.25, -0.2) is 0 Å². The molecule has 1 fully saturated rings. The highest BCUT2D eigenvalue weighted by molar-refractivity contribution is 6.31. The van der Waals surface area contributed by atoms with E-state index in [1.54, 1.807) is 0 Å². The number of ether oxygens (including phenoxy) is 2. The Morgan fingerprint density at radius 1 is 1.13 bits per heavy atom. The zero-order valence-corrected chi connectivity index (χ0v) is 16.9. The molecule has 5 unspecified atom stereocenters. The number of aliphatic hydroxyl groups is 4. The molecule has 1 amide bonds. The first-order valence-corrected chi connectivity index (χ1v) is 9.82. The van der Waals surface area contributed by atoms with Crippen molar-refractivity contribution >= 4 is 17.5 Å². The standard InChI is InChI=1S/C21H24ClNO7/c1-11(12-5-3-2-4-6-12)23-20(28)14-9-13(22)7-8-15(14)29-21-19(27)18(26)17(25)16(10-24)30-21/h2-9,11,16-19,21,24-27H,10H2,1H3,(H,23,28)/t11-,16?,17?,18?,19?,21?/m0/s1. The van der Waals surface area contributed by atoms with Gasteiger partial charge in [0.15, 0.2) is 0 Å². The molecule has 162 valence electrons. The minimum Gasteiger partial charge on any atom is -0.461 e. The maximum absolute atomic E-state index is 12.9. The predicted molar refractivity (Wildman–Crippen MR) is 108 cm³/mol. The normalized spacial score (nSPS) is 27.3. The lowest BCUT2D eigenvalue weighted by molar-refractivity contribution is -0.277. The largest absolute Gasteiger partial charge is 0.461 e. The highest BCUT2D eigenvalue weighted by Crippen LogP contribution is 2.29. The summed E-state index contributed by atoms with van der Waals surface area (Å²) in [6.07, 6.45) is -7.25. The molecule has 1 heterocycles. The molecule has 2 aromatic carbocycles. The molecule has 1 saturated heterocycles. The summed E-state index contributed by atoms with van der Waals surface area (Å²) in [5.41, 5.74) is 1.01. The van der Waals surface area contributed by atoms with E-state index in [0.29, 0.717) is 5.02 Å². The molecule has 0 bridgehead atoms. The van der Waals surface area contributed by atoms with E-state index in [2.05, 4.69) is 5.32 Å². The highest BCUT2D eigenvalue weighted by Gasteiger charge is 2.45. The summed E-state index contributed by atoms with van der Waals surface area (Å²) in [5.74, 6) is -0.407. The summed E-state index contributed by atoms with van der Waals surface area (Å²) >= 11 is 6.05. The molecular formula is C21H24ClNO7. The van der Waals surface area contributed by atoms with E-state index in [4.69, 9.17) is 21.1 Å². The lowest BCUT2D eigenvalue weighted by Crippen LogP contribution is -2.60. The Kier molecular flexibility index (Phi) is 7.30. The van der Waals surface area contributed by atoms with E-state index >= 15 is 0 Å². The quantitative estimate of drug-likeness (QED) is 0.456. The Bertz CT molecular complexity index is 864. The molecule has 5 N–H and O–H groups in total. The first-order chi connectivity index (χ1) is 14.3. The van der Waals surface area contributed by atoms with Crippen LogP contribution in [0.25, 0.3) is 0 Å². The van der Waals surface area contributed by atoms with Crippen molar-refractivity contribution in [3.05, 3.63) is 64.7 Å². The van der Waals surface area contributed by atoms with Crippen LogP contribution in [0.5, 0.6) is 5.75 Å². The molecule has 6 atom stereocenters. The van der Waals surface area contributed by atoms with Crippen LogP contribution in [0.15, 0.2) is 48.5 Å². The zero-order chi connectivity index (χ0) is 21.8. The molecule has 0 spiro atoms. The molecule has 0 radical (unpaired) electrons. The summed E-state index contributed by atoms with van der Waals surface area (Å²) in [7, 11) is 0. The second-order valence-electron chi connectivity index (χ2n) is 7.06. The molecule has 0 saturated carbocycles. The first kappa shape index (κ1) is 22.5. The molecule has 30 heavy (non-hydrogen) atoms. The molecule has 8 nitrogen and oxygen atoms in total. The van der Waals surface area contributed by atoms with E-state index in [1.165, 1.54) is 18.2 Å². The van der Waals surface area contributed by atoms with Gasteiger partial charge in [-0.2, -0.15) is 0 Å². The number of nitrogens with one attached hydrogen (secondary N) is 1. The number of carbonyl (C=O) groups is 1. The molecule has 9 heteroatoms. The van der Waals surface area contributed by atoms with E-state index in [1.807, 2.05) is 37.3 Å². The summed E-state index contributed by atoms with van der Waals surface area (Å²) in [6.45, 7) is 1.24. The second kappa shape index (κ2) is 9.74. The Labute approximate surface area is 178 Å². The Hall–Kier alpha value is -2.20. The minimum atomic E-state index is -1.60. The van der Waals surface area contributed by atoms with Crippen LogP contribution < -0.4 is 10.1 Å². The number of halogens is 1. The first-order valence-electron chi connectivity index (χ1n) is 9.44. The summed E-state index contributed by atoms with van der Waals surface area (Å²) in [6, 6.07) is 13.4. The third-order valence-corrected chi connectivity index (χ3v) is 5.16. The monoisotopic (exact) mass is 437 g/mol.